The Hall–Kier alpha value is -2.76. The molecule has 0 radical (unpaired) electrons. The average molecular weight is 391 g/mol. The first-order chi connectivity index (χ1) is 12.3. The van der Waals surface area contributed by atoms with E-state index in [2.05, 4.69) is 19.8 Å². The van der Waals surface area contributed by atoms with Crippen LogP contribution in [0, 0.1) is 30.5 Å². The predicted molar refractivity (Wildman–Crippen MR) is 87.4 cm³/mol. The molecule has 0 saturated carbocycles. The number of aryl methyl sites for hydroxylation is 1. The first-order valence-corrected chi connectivity index (χ1v) is 7.94. The molecule has 0 atom stereocenters. The Bertz CT molecular complexity index is 845. The third-order valence-corrected chi connectivity index (χ3v) is 3.90. The summed E-state index contributed by atoms with van der Waals surface area (Å²) in [6, 6.07) is 0. The lowest BCUT2D eigenvalue weighted by atomic mass is 10.2. The van der Waals surface area contributed by atoms with Crippen molar-refractivity contribution in [3.8, 4) is 0 Å². The number of halogens is 4. The van der Waals surface area contributed by atoms with Crippen LogP contribution in [0.5, 0.6) is 0 Å². The van der Waals surface area contributed by atoms with Gasteiger partial charge in [0, 0.05) is 0 Å². The van der Waals surface area contributed by atoms with Crippen LogP contribution < -0.4 is 10.7 Å². The van der Waals surface area contributed by atoms with E-state index in [9.17, 15) is 22.4 Å². The maximum atomic E-state index is 13.6. The molecule has 2 aromatic rings. The number of ether oxygens (including phenoxy) is 1. The number of nitrogens with one attached hydrogen (secondary N) is 2. The summed E-state index contributed by atoms with van der Waals surface area (Å²) < 4.78 is 62.2. The van der Waals surface area contributed by atoms with Gasteiger partial charge in [-0.3, -0.25) is 10.7 Å². The maximum absolute atomic E-state index is 13.6. The van der Waals surface area contributed by atoms with Gasteiger partial charge in [0.2, 0.25) is 11.6 Å². The zero-order chi connectivity index (χ0) is 19.4. The lowest BCUT2D eigenvalue weighted by Gasteiger charge is -2.08. The summed E-state index contributed by atoms with van der Waals surface area (Å²) in [5.41, 5.74) is 1.79. The van der Waals surface area contributed by atoms with Crippen molar-refractivity contribution in [3.05, 3.63) is 34.8 Å². The summed E-state index contributed by atoms with van der Waals surface area (Å²) in [6.07, 6.45) is -0.714. The Morgan fingerprint density at radius 1 is 1.23 bits per heavy atom. The van der Waals surface area contributed by atoms with Gasteiger partial charge in [-0.05, 0) is 32.3 Å². The normalized spacial score (nSPS) is 11.4. The van der Waals surface area contributed by atoms with Crippen LogP contribution >= 0.6 is 11.5 Å². The summed E-state index contributed by atoms with van der Waals surface area (Å²) in [5, 5.41) is 6.46. The third kappa shape index (κ3) is 4.07. The highest BCUT2D eigenvalue weighted by molar-refractivity contribution is 7.11. The standard InChI is InChI=1S/C14H13F4N5O2S/c1-4-25-14(24)20-13-7(6(3)23-26-13)5(2)21-22-10-8(15)11(17)19-12(18)9(10)16/h4H2,1-3H3,(H,19,22)(H,20,24)/b21-5+. The average Bonchev–Trinajstić information content (AvgIpc) is 2.93. The molecule has 2 aromatic heterocycles. The first-order valence-electron chi connectivity index (χ1n) is 7.16. The molecule has 0 aliphatic rings. The minimum Gasteiger partial charge on any atom is -0.450 e. The molecule has 0 fully saturated rings. The van der Waals surface area contributed by atoms with Crippen molar-refractivity contribution in [1.29, 1.82) is 0 Å². The van der Waals surface area contributed by atoms with Crippen molar-refractivity contribution in [2.45, 2.75) is 20.8 Å². The summed E-state index contributed by atoms with van der Waals surface area (Å²) in [5.74, 6) is -7.05. The molecule has 0 bridgehead atoms. The second-order valence-corrected chi connectivity index (χ2v) is 5.60. The Balaban J connectivity index is 2.32. The SMILES string of the molecule is CCOC(=O)Nc1snc(C)c1/C(C)=N/Nc1c(F)c(F)nc(F)c1F. The Morgan fingerprint density at radius 3 is 2.42 bits per heavy atom. The number of aromatic nitrogens is 2. The number of carbonyl (C=O) groups excluding carboxylic acids is 1. The summed E-state index contributed by atoms with van der Waals surface area (Å²) >= 11 is 0.943. The number of anilines is 2. The van der Waals surface area contributed by atoms with Crippen molar-refractivity contribution >= 4 is 34.0 Å². The van der Waals surface area contributed by atoms with Crippen molar-refractivity contribution < 1.29 is 27.1 Å². The first kappa shape index (κ1) is 19.6. The number of pyridine rings is 1. The number of hydrogen-bond donors (Lipinski definition) is 2. The van der Waals surface area contributed by atoms with Crippen molar-refractivity contribution in [1.82, 2.24) is 9.36 Å². The smallest absolute Gasteiger partial charge is 0.412 e. The van der Waals surface area contributed by atoms with E-state index in [0.29, 0.717) is 11.3 Å². The minimum atomic E-state index is -1.81. The van der Waals surface area contributed by atoms with Gasteiger partial charge in [-0.2, -0.15) is 32.0 Å². The minimum absolute atomic E-state index is 0.152. The summed E-state index contributed by atoms with van der Waals surface area (Å²) in [6.45, 7) is 4.86. The highest BCUT2D eigenvalue weighted by Gasteiger charge is 2.21. The fourth-order valence-corrected chi connectivity index (χ4v) is 2.76. The fourth-order valence-electron chi connectivity index (χ4n) is 1.92. The molecule has 140 valence electrons. The number of carbonyl (C=O) groups is 1. The van der Waals surface area contributed by atoms with E-state index < -0.39 is 35.3 Å². The Labute approximate surface area is 149 Å². The molecule has 0 aromatic carbocycles. The predicted octanol–water partition coefficient (Wildman–Crippen LogP) is 3.81. The molecule has 12 heteroatoms. The van der Waals surface area contributed by atoms with Crippen LogP contribution in [0.2, 0.25) is 0 Å². The second kappa shape index (κ2) is 8.08. The fraction of sp³-hybridized carbons (Fsp3) is 0.286. The van der Waals surface area contributed by atoms with Gasteiger partial charge < -0.3 is 4.74 Å². The van der Waals surface area contributed by atoms with Gasteiger partial charge in [0.25, 0.3) is 11.9 Å². The van der Waals surface area contributed by atoms with Crippen LogP contribution in [-0.4, -0.2) is 27.8 Å². The second-order valence-electron chi connectivity index (χ2n) is 4.82. The molecule has 2 heterocycles. The molecule has 2 N–H and O–H groups in total. The summed E-state index contributed by atoms with van der Waals surface area (Å²) in [7, 11) is 0. The van der Waals surface area contributed by atoms with Crippen LogP contribution in [0.3, 0.4) is 0 Å². The molecule has 0 unspecified atom stereocenters. The van der Waals surface area contributed by atoms with Gasteiger partial charge in [-0.25, -0.2) is 4.79 Å². The number of hydrazone groups is 1. The highest BCUT2D eigenvalue weighted by atomic mass is 32.1. The number of amides is 1. The van der Waals surface area contributed by atoms with E-state index in [-0.39, 0.29) is 17.3 Å². The van der Waals surface area contributed by atoms with Gasteiger partial charge in [0.05, 0.1) is 23.6 Å². The number of nitrogens with zero attached hydrogens (tertiary/aromatic N) is 3. The van der Waals surface area contributed by atoms with Gasteiger partial charge in [-0.15, -0.1) is 0 Å². The topological polar surface area (TPSA) is 88.5 Å². The van der Waals surface area contributed by atoms with Gasteiger partial charge in [0.1, 0.15) is 10.7 Å². The van der Waals surface area contributed by atoms with Crippen molar-refractivity contribution in [2.24, 2.45) is 5.10 Å². The number of hydrogen-bond acceptors (Lipinski definition) is 7. The van der Waals surface area contributed by atoms with Crippen molar-refractivity contribution in [3.63, 3.8) is 0 Å². The van der Waals surface area contributed by atoms with Gasteiger partial charge in [-0.1, -0.05) is 0 Å². The molecule has 1 amide bonds. The van der Waals surface area contributed by atoms with Crippen LogP contribution in [0.25, 0.3) is 0 Å². The lowest BCUT2D eigenvalue weighted by Crippen LogP contribution is -2.15. The van der Waals surface area contributed by atoms with Crippen LogP contribution in [-0.2, 0) is 4.74 Å². The van der Waals surface area contributed by atoms with Crippen LogP contribution in [0.4, 0.5) is 33.0 Å². The van der Waals surface area contributed by atoms with E-state index in [1.165, 1.54) is 6.92 Å². The van der Waals surface area contributed by atoms with Crippen LogP contribution in [0.15, 0.2) is 5.10 Å². The van der Waals surface area contributed by atoms with E-state index >= 15 is 0 Å². The highest BCUT2D eigenvalue weighted by Crippen LogP contribution is 2.26. The quantitative estimate of drug-likeness (QED) is 0.350. The molecule has 0 saturated heterocycles. The third-order valence-electron chi connectivity index (χ3n) is 3.05. The van der Waals surface area contributed by atoms with Gasteiger partial charge in [0.15, 0.2) is 0 Å². The molecule has 0 spiro atoms. The zero-order valence-electron chi connectivity index (χ0n) is 13.8. The molecule has 0 aliphatic heterocycles. The van der Waals surface area contributed by atoms with Gasteiger partial charge >= 0.3 is 6.09 Å². The number of rotatable bonds is 5. The molecule has 7 nitrogen and oxygen atoms in total. The molecule has 2 rings (SSSR count). The zero-order valence-corrected chi connectivity index (χ0v) is 14.6. The largest absolute Gasteiger partial charge is 0.450 e. The van der Waals surface area contributed by atoms with E-state index in [0.717, 1.165) is 11.5 Å². The molecular weight excluding hydrogens is 378 g/mol. The Morgan fingerprint density at radius 2 is 1.85 bits per heavy atom. The maximum Gasteiger partial charge on any atom is 0.412 e. The van der Waals surface area contributed by atoms with E-state index in [4.69, 9.17) is 4.74 Å². The van der Waals surface area contributed by atoms with E-state index in [1.807, 2.05) is 5.43 Å². The van der Waals surface area contributed by atoms with Crippen LogP contribution in [0.1, 0.15) is 25.1 Å². The molecule has 26 heavy (non-hydrogen) atoms. The lowest BCUT2D eigenvalue weighted by molar-refractivity contribution is 0.168. The Kier molecular flexibility index (Phi) is 6.08. The monoisotopic (exact) mass is 391 g/mol. The molecule has 0 aliphatic carbocycles. The van der Waals surface area contributed by atoms with Crippen molar-refractivity contribution in [2.75, 3.05) is 17.3 Å². The summed E-state index contributed by atoms with van der Waals surface area (Å²) in [4.78, 5) is 14.0. The molecular formula is C14H13F4N5O2S. The van der Waals surface area contributed by atoms with E-state index in [1.54, 1.807) is 13.8 Å².